The Morgan fingerprint density at radius 2 is 1.96 bits per heavy atom. The van der Waals surface area contributed by atoms with Gasteiger partial charge in [0.05, 0.1) is 24.7 Å². The maximum atomic E-state index is 12.2. The Morgan fingerprint density at radius 1 is 1.25 bits per heavy atom. The van der Waals surface area contributed by atoms with Crippen LogP contribution in [0.1, 0.15) is 24.8 Å². The van der Waals surface area contributed by atoms with Crippen LogP contribution in [0.5, 0.6) is 5.75 Å². The fraction of sp³-hybridized carbons (Fsp3) is 0.500. The number of hydrogen-bond acceptors (Lipinski definition) is 5. The SMILES string of the molecule is COC(=O)[C@H]1[C@H]2CC[C@@H](C2)[C@H]1NC(=O)COc1ccc(C#N)cc1. The third-order valence-electron chi connectivity index (χ3n) is 5.07. The first-order chi connectivity index (χ1) is 11.6. The summed E-state index contributed by atoms with van der Waals surface area (Å²) in [4.78, 5) is 24.2. The Balaban J connectivity index is 1.56. The van der Waals surface area contributed by atoms with Gasteiger partial charge < -0.3 is 14.8 Å². The number of hydrogen-bond donors (Lipinski definition) is 1. The number of methoxy groups -OCH3 is 1. The van der Waals surface area contributed by atoms with Crippen molar-refractivity contribution in [1.82, 2.24) is 5.32 Å². The molecule has 2 saturated carbocycles. The fourth-order valence-corrected chi connectivity index (χ4v) is 3.98. The Morgan fingerprint density at radius 3 is 2.62 bits per heavy atom. The van der Waals surface area contributed by atoms with Gasteiger partial charge in [-0.3, -0.25) is 9.59 Å². The lowest BCUT2D eigenvalue weighted by Crippen LogP contribution is -2.48. The van der Waals surface area contributed by atoms with Gasteiger partial charge in [-0.15, -0.1) is 0 Å². The average molecular weight is 328 g/mol. The van der Waals surface area contributed by atoms with Crippen molar-refractivity contribution in [2.75, 3.05) is 13.7 Å². The first-order valence-electron chi connectivity index (χ1n) is 8.12. The first-order valence-corrected chi connectivity index (χ1v) is 8.12. The zero-order valence-electron chi connectivity index (χ0n) is 13.5. The zero-order chi connectivity index (χ0) is 17.1. The molecule has 2 aliphatic rings. The molecule has 24 heavy (non-hydrogen) atoms. The van der Waals surface area contributed by atoms with Crippen molar-refractivity contribution in [2.24, 2.45) is 17.8 Å². The lowest BCUT2D eigenvalue weighted by atomic mass is 9.84. The summed E-state index contributed by atoms with van der Waals surface area (Å²) >= 11 is 0. The lowest BCUT2D eigenvalue weighted by molar-refractivity contribution is -0.148. The van der Waals surface area contributed by atoms with Crippen molar-refractivity contribution in [3.8, 4) is 11.8 Å². The molecule has 0 aliphatic heterocycles. The summed E-state index contributed by atoms with van der Waals surface area (Å²) in [6, 6.07) is 8.44. The molecule has 0 saturated heterocycles. The van der Waals surface area contributed by atoms with Gasteiger partial charge >= 0.3 is 5.97 Å². The van der Waals surface area contributed by atoms with E-state index in [0.29, 0.717) is 23.1 Å². The van der Waals surface area contributed by atoms with Crippen molar-refractivity contribution in [3.63, 3.8) is 0 Å². The topological polar surface area (TPSA) is 88.4 Å². The van der Waals surface area contributed by atoms with E-state index >= 15 is 0 Å². The molecule has 2 bridgehead atoms. The molecule has 1 amide bonds. The molecule has 126 valence electrons. The molecule has 1 N–H and O–H groups in total. The Kier molecular flexibility index (Phi) is 4.70. The summed E-state index contributed by atoms with van der Waals surface area (Å²) in [5.41, 5.74) is 0.537. The van der Waals surface area contributed by atoms with E-state index in [0.717, 1.165) is 19.3 Å². The number of nitrogens with zero attached hydrogens (tertiary/aromatic N) is 1. The number of benzene rings is 1. The van der Waals surface area contributed by atoms with E-state index in [1.807, 2.05) is 6.07 Å². The number of esters is 1. The number of nitriles is 1. The highest BCUT2D eigenvalue weighted by Crippen LogP contribution is 2.48. The van der Waals surface area contributed by atoms with E-state index in [1.54, 1.807) is 24.3 Å². The molecule has 0 spiro atoms. The van der Waals surface area contributed by atoms with Gasteiger partial charge in [0.2, 0.25) is 0 Å². The van der Waals surface area contributed by atoms with Crippen LogP contribution in [0.15, 0.2) is 24.3 Å². The van der Waals surface area contributed by atoms with Crippen molar-refractivity contribution < 1.29 is 19.1 Å². The second-order valence-corrected chi connectivity index (χ2v) is 6.40. The monoisotopic (exact) mass is 328 g/mol. The van der Waals surface area contributed by atoms with Crippen LogP contribution >= 0.6 is 0 Å². The van der Waals surface area contributed by atoms with E-state index in [2.05, 4.69) is 5.32 Å². The van der Waals surface area contributed by atoms with Gasteiger partial charge in [-0.25, -0.2) is 0 Å². The normalized spacial score (nSPS) is 27.3. The molecule has 6 nitrogen and oxygen atoms in total. The quantitative estimate of drug-likeness (QED) is 0.830. The molecule has 0 heterocycles. The minimum Gasteiger partial charge on any atom is -0.484 e. The van der Waals surface area contributed by atoms with Gasteiger partial charge in [-0.1, -0.05) is 0 Å². The molecular weight excluding hydrogens is 308 g/mol. The maximum Gasteiger partial charge on any atom is 0.311 e. The van der Waals surface area contributed by atoms with Crippen LogP contribution in [-0.4, -0.2) is 31.6 Å². The van der Waals surface area contributed by atoms with Gasteiger partial charge in [0, 0.05) is 6.04 Å². The van der Waals surface area contributed by atoms with Gasteiger partial charge in [-0.2, -0.15) is 5.26 Å². The molecule has 2 fully saturated rings. The van der Waals surface area contributed by atoms with Crippen molar-refractivity contribution in [1.29, 1.82) is 5.26 Å². The van der Waals surface area contributed by atoms with E-state index in [-0.39, 0.29) is 30.4 Å². The van der Waals surface area contributed by atoms with Gasteiger partial charge in [0.15, 0.2) is 6.61 Å². The fourth-order valence-electron chi connectivity index (χ4n) is 3.98. The summed E-state index contributed by atoms with van der Waals surface area (Å²) in [5, 5.41) is 11.7. The average Bonchev–Trinajstić information content (AvgIpc) is 3.21. The first kappa shape index (κ1) is 16.3. The summed E-state index contributed by atoms with van der Waals surface area (Å²) in [5.74, 6) is 0.464. The highest BCUT2D eigenvalue weighted by Gasteiger charge is 2.51. The minimum absolute atomic E-state index is 0.117. The zero-order valence-corrected chi connectivity index (χ0v) is 13.5. The molecular formula is C18H20N2O4. The number of carbonyl (C=O) groups excluding carboxylic acids is 2. The smallest absolute Gasteiger partial charge is 0.311 e. The Bertz CT molecular complexity index is 665. The van der Waals surface area contributed by atoms with Crippen LogP contribution in [0.25, 0.3) is 0 Å². The standard InChI is InChI=1S/C18H20N2O4/c1-23-18(22)16-12-4-5-13(8-12)17(16)20-15(21)10-24-14-6-2-11(9-19)3-7-14/h2-3,6-7,12-13,16-17H,4-5,8,10H2,1H3,(H,20,21)/t12-,13-,16-,17+/m0/s1. The lowest BCUT2D eigenvalue weighted by Gasteiger charge is -2.29. The molecule has 6 heteroatoms. The van der Waals surface area contributed by atoms with Crippen molar-refractivity contribution in [3.05, 3.63) is 29.8 Å². The van der Waals surface area contributed by atoms with Gasteiger partial charge in [0.1, 0.15) is 5.75 Å². The van der Waals surface area contributed by atoms with Gasteiger partial charge in [0.25, 0.3) is 5.91 Å². The molecule has 0 aromatic heterocycles. The van der Waals surface area contributed by atoms with E-state index in [4.69, 9.17) is 14.7 Å². The number of rotatable bonds is 5. The van der Waals surface area contributed by atoms with Crippen LogP contribution in [0.2, 0.25) is 0 Å². The largest absolute Gasteiger partial charge is 0.484 e. The number of carbonyl (C=O) groups is 2. The summed E-state index contributed by atoms with van der Waals surface area (Å²) in [6.07, 6.45) is 3.04. The Labute approximate surface area is 140 Å². The number of fused-ring (bicyclic) bond motifs is 2. The second kappa shape index (κ2) is 6.91. The molecule has 0 radical (unpaired) electrons. The minimum atomic E-state index is -0.245. The van der Waals surface area contributed by atoms with Crippen LogP contribution < -0.4 is 10.1 Å². The van der Waals surface area contributed by atoms with Crippen LogP contribution in [0, 0.1) is 29.1 Å². The van der Waals surface area contributed by atoms with Crippen LogP contribution in [0.4, 0.5) is 0 Å². The summed E-state index contributed by atoms with van der Waals surface area (Å²) in [6.45, 7) is -0.117. The van der Waals surface area contributed by atoms with E-state index < -0.39 is 0 Å². The number of ether oxygens (including phenoxy) is 2. The second-order valence-electron chi connectivity index (χ2n) is 6.40. The number of nitrogens with one attached hydrogen (secondary N) is 1. The summed E-state index contributed by atoms with van der Waals surface area (Å²) < 4.78 is 10.3. The molecule has 0 unspecified atom stereocenters. The molecule has 1 aromatic rings. The van der Waals surface area contributed by atoms with E-state index in [1.165, 1.54) is 7.11 Å². The maximum absolute atomic E-state index is 12.2. The summed E-state index contributed by atoms with van der Waals surface area (Å²) in [7, 11) is 1.39. The van der Waals surface area contributed by atoms with Crippen LogP contribution in [0.3, 0.4) is 0 Å². The molecule has 3 rings (SSSR count). The third-order valence-corrected chi connectivity index (χ3v) is 5.07. The van der Waals surface area contributed by atoms with Crippen molar-refractivity contribution >= 4 is 11.9 Å². The number of amides is 1. The highest BCUT2D eigenvalue weighted by atomic mass is 16.5. The molecule has 1 aromatic carbocycles. The third kappa shape index (κ3) is 3.21. The predicted molar refractivity (Wildman–Crippen MR) is 84.9 cm³/mol. The molecule has 4 atom stereocenters. The van der Waals surface area contributed by atoms with E-state index in [9.17, 15) is 9.59 Å². The van der Waals surface area contributed by atoms with Gasteiger partial charge in [-0.05, 0) is 55.4 Å². The molecule has 2 aliphatic carbocycles. The van der Waals surface area contributed by atoms with Crippen LogP contribution in [-0.2, 0) is 14.3 Å². The predicted octanol–water partition coefficient (Wildman–Crippen LogP) is 1.64. The Hall–Kier alpha value is -2.55. The highest BCUT2D eigenvalue weighted by molar-refractivity contribution is 5.80. The van der Waals surface area contributed by atoms with Crippen molar-refractivity contribution in [2.45, 2.75) is 25.3 Å².